The SMILES string of the molecule is CC[C@H]1CC[C@@]2(CCC/C2=N\Nc2ccc([N+](=O)[O-])cc2[N+](=O)[O-])OC1. The number of benzene rings is 1. The van der Waals surface area contributed by atoms with E-state index >= 15 is 0 Å². The third-order valence-corrected chi connectivity index (χ3v) is 5.35. The second kappa shape index (κ2) is 7.36. The Morgan fingerprint density at radius 1 is 1.31 bits per heavy atom. The number of hydrogen-bond acceptors (Lipinski definition) is 7. The van der Waals surface area contributed by atoms with Gasteiger partial charge in [-0.3, -0.25) is 25.7 Å². The Kier molecular flexibility index (Phi) is 5.17. The Bertz CT molecular complexity index is 741. The van der Waals surface area contributed by atoms with Crippen LogP contribution in [0.25, 0.3) is 0 Å². The summed E-state index contributed by atoms with van der Waals surface area (Å²) < 4.78 is 6.17. The zero-order chi connectivity index (χ0) is 18.7. The summed E-state index contributed by atoms with van der Waals surface area (Å²) in [4.78, 5) is 20.7. The van der Waals surface area contributed by atoms with E-state index in [1.165, 1.54) is 12.1 Å². The monoisotopic (exact) mass is 362 g/mol. The third kappa shape index (κ3) is 3.52. The molecule has 26 heavy (non-hydrogen) atoms. The second-order valence-electron chi connectivity index (χ2n) is 6.86. The Morgan fingerprint density at radius 3 is 2.73 bits per heavy atom. The minimum atomic E-state index is -0.658. The summed E-state index contributed by atoms with van der Waals surface area (Å²) in [5, 5.41) is 26.5. The predicted octanol–water partition coefficient (Wildman–Crippen LogP) is 4.03. The molecule has 0 amide bonds. The van der Waals surface area contributed by atoms with Crippen LogP contribution in [0.1, 0.15) is 45.4 Å². The molecule has 3 rings (SSSR count). The van der Waals surface area contributed by atoms with Crippen LogP contribution in [0.15, 0.2) is 23.3 Å². The van der Waals surface area contributed by atoms with Crippen molar-refractivity contribution >= 4 is 22.8 Å². The molecule has 1 spiro atoms. The van der Waals surface area contributed by atoms with E-state index in [1.54, 1.807) is 0 Å². The summed E-state index contributed by atoms with van der Waals surface area (Å²) in [6.45, 7) is 2.87. The number of anilines is 1. The molecular weight excluding hydrogens is 340 g/mol. The van der Waals surface area contributed by atoms with Crippen molar-refractivity contribution < 1.29 is 14.6 Å². The number of hydrogen-bond donors (Lipinski definition) is 1. The molecule has 2 fully saturated rings. The molecule has 1 saturated heterocycles. The first-order valence-corrected chi connectivity index (χ1v) is 8.85. The van der Waals surface area contributed by atoms with Gasteiger partial charge in [-0.15, -0.1) is 0 Å². The van der Waals surface area contributed by atoms with E-state index in [0.29, 0.717) is 12.5 Å². The smallest absolute Gasteiger partial charge is 0.301 e. The van der Waals surface area contributed by atoms with Crippen molar-refractivity contribution in [1.29, 1.82) is 0 Å². The molecule has 140 valence electrons. The second-order valence-corrected chi connectivity index (χ2v) is 6.86. The van der Waals surface area contributed by atoms with Gasteiger partial charge < -0.3 is 4.74 Å². The van der Waals surface area contributed by atoms with Crippen LogP contribution in [0.5, 0.6) is 0 Å². The molecule has 1 aromatic carbocycles. The first kappa shape index (κ1) is 18.2. The van der Waals surface area contributed by atoms with Crippen molar-refractivity contribution in [2.75, 3.05) is 12.0 Å². The third-order valence-electron chi connectivity index (χ3n) is 5.35. The van der Waals surface area contributed by atoms with Gasteiger partial charge in [0.2, 0.25) is 0 Å². The van der Waals surface area contributed by atoms with Crippen molar-refractivity contribution in [2.24, 2.45) is 11.0 Å². The normalized spacial score (nSPS) is 27.0. The zero-order valence-corrected chi connectivity index (χ0v) is 14.6. The average Bonchev–Trinajstić information content (AvgIpc) is 3.02. The van der Waals surface area contributed by atoms with Crippen LogP contribution in [-0.4, -0.2) is 27.8 Å². The number of rotatable bonds is 5. The van der Waals surface area contributed by atoms with Gasteiger partial charge in [0.25, 0.3) is 5.69 Å². The first-order chi connectivity index (χ1) is 12.4. The van der Waals surface area contributed by atoms with E-state index in [-0.39, 0.29) is 22.7 Å². The van der Waals surface area contributed by atoms with Crippen LogP contribution in [0.3, 0.4) is 0 Å². The summed E-state index contributed by atoms with van der Waals surface area (Å²) >= 11 is 0. The molecule has 0 unspecified atom stereocenters. The van der Waals surface area contributed by atoms with Gasteiger partial charge in [-0.2, -0.15) is 5.10 Å². The lowest BCUT2D eigenvalue weighted by molar-refractivity contribution is -0.393. The van der Waals surface area contributed by atoms with Crippen LogP contribution in [0.2, 0.25) is 0 Å². The Morgan fingerprint density at radius 2 is 2.12 bits per heavy atom. The van der Waals surface area contributed by atoms with Gasteiger partial charge in [0.15, 0.2) is 0 Å². The fourth-order valence-corrected chi connectivity index (χ4v) is 3.70. The highest BCUT2D eigenvalue weighted by Crippen LogP contribution is 2.40. The van der Waals surface area contributed by atoms with Crippen LogP contribution in [-0.2, 0) is 4.74 Å². The molecule has 1 heterocycles. The Balaban J connectivity index is 1.81. The number of nitrogens with one attached hydrogen (secondary N) is 1. The summed E-state index contributed by atoms with van der Waals surface area (Å²) in [6.07, 6.45) is 5.76. The minimum absolute atomic E-state index is 0.136. The number of nitro groups is 2. The van der Waals surface area contributed by atoms with Gasteiger partial charge in [-0.05, 0) is 44.1 Å². The van der Waals surface area contributed by atoms with Crippen molar-refractivity contribution in [3.63, 3.8) is 0 Å². The van der Waals surface area contributed by atoms with Crippen molar-refractivity contribution in [3.05, 3.63) is 38.4 Å². The maximum absolute atomic E-state index is 11.2. The van der Waals surface area contributed by atoms with E-state index in [0.717, 1.165) is 50.3 Å². The lowest BCUT2D eigenvalue weighted by atomic mass is 9.85. The molecule has 1 aliphatic carbocycles. The number of nitrogens with zero attached hydrogens (tertiary/aromatic N) is 3. The quantitative estimate of drug-likeness (QED) is 0.623. The standard InChI is InChI=1S/C17H22N4O5/c1-2-12-7-9-17(26-11-12)8-3-4-16(17)19-18-14-6-5-13(20(22)23)10-15(14)21(24)25/h5-6,10,12,18H,2-4,7-9,11H2,1H3/b19-16+/t12-,17+/m0/s1. The molecular formula is C17H22N4O5. The highest BCUT2D eigenvalue weighted by molar-refractivity contribution is 5.95. The molecule has 1 N–H and O–H groups in total. The molecule has 9 nitrogen and oxygen atoms in total. The molecule has 0 radical (unpaired) electrons. The average molecular weight is 362 g/mol. The van der Waals surface area contributed by atoms with Gasteiger partial charge in [0.1, 0.15) is 11.3 Å². The molecule has 0 aromatic heterocycles. The largest absolute Gasteiger partial charge is 0.369 e. The molecule has 1 aliphatic heterocycles. The predicted molar refractivity (Wildman–Crippen MR) is 96.4 cm³/mol. The minimum Gasteiger partial charge on any atom is -0.369 e. The van der Waals surface area contributed by atoms with E-state index < -0.39 is 9.85 Å². The molecule has 1 saturated carbocycles. The van der Waals surface area contributed by atoms with Gasteiger partial charge in [-0.25, -0.2) is 0 Å². The number of hydrazone groups is 1. The van der Waals surface area contributed by atoms with Gasteiger partial charge in [0.05, 0.1) is 28.2 Å². The van der Waals surface area contributed by atoms with E-state index in [1.807, 2.05) is 0 Å². The van der Waals surface area contributed by atoms with Gasteiger partial charge in [0, 0.05) is 6.07 Å². The van der Waals surface area contributed by atoms with E-state index in [4.69, 9.17) is 4.74 Å². The number of nitro benzene ring substituents is 2. The molecule has 9 heteroatoms. The fraction of sp³-hybridized carbons (Fsp3) is 0.588. The summed E-state index contributed by atoms with van der Waals surface area (Å²) in [6, 6.07) is 3.48. The maximum atomic E-state index is 11.2. The summed E-state index contributed by atoms with van der Waals surface area (Å²) in [7, 11) is 0. The molecule has 0 bridgehead atoms. The van der Waals surface area contributed by atoms with Gasteiger partial charge >= 0.3 is 5.69 Å². The zero-order valence-electron chi connectivity index (χ0n) is 14.6. The first-order valence-electron chi connectivity index (χ1n) is 8.85. The van der Waals surface area contributed by atoms with Crippen molar-refractivity contribution in [2.45, 2.75) is 51.0 Å². The van der Waals surface area contributed by atoms with Crippen LogP contribution >= 0.6 is 0 Å². The molecule has 1 aromatic rings. The van der Waals surface area contributed by atoms with Crippen molar-refractivity contribution in [1.82, 2.24) is 0 Å². The lowest BCUT2D eigenvalue weighted by Gasteiger charge is -2.37. The molecule has 2 atom stereocenters. The van der Waals surface area contributed by atoms with Crippen molar-refractivity contribution in [3.8, 4) is 0 Å². The highest BCUT2D eigenvalue weighted by atomic mass is 16.6. The van der Waals surface area contributed by atoms with Crippen LogP contribution in [0.4, 0.5) is 17.1 Å². The summed E-state index contributed by atoms with van der Waals surface area (Å²) in [5.41, 5.74) is 2.69. The maximum Gasteiger partial charge on any atom is 0.301 e. The van der Waals surface area contributed by atoms with Crippen LogP contribution in [0, 0.1) is 26.1 Å². The Hall–Kier alpha value is -2.55. The highest BCUT2D eigenvalue weighted by Gasteiger charge is 2.44. The fourth-order valence-electron chi connectivity index (χ4n) is 3.70. The van der Waals surface area contributed by atoms with Gasteiger partial charge in [-0.1, -0.05) is 13.3 Å². The Labute approximate surface area is 150 Å². The summed E-state index contributed by atoms with van der Waals surface area (Å²) in [5.74, 6) is 0.575. The van der Waals surface area contributed by atoms with E-state index in [2.05, 4.69) is 17.5 Å². The van der Waals surface area contributed by atoms with Crippen LogP contribution < -0.4 is 5.43 Å². The topological polar surface area (TPSA) is 120 Å². The van der Waals surface area contributed by atoms with E-state index in [9.17, 15) is 20.2 Å². The molecule has 2 aliphatic rings. The number of non-ortho nitro benzene ring substituents is 1. The lowest BCUT2D eigenvalue weighted by Crippen LogP contribution is -2.43. The number of ether oxygens (including phenoxy) is 1.